The van der Waals surface area contributed by atoms with Gasteiger partial charge in [-0.25, -0.2) is 0 Å². The molecule has 1 heterocycles. The molecule has 0 aliphatic rings. The zero-order valence-corrected chi connectivity index (χ0v) is 7.74. The van der Waals surface area contributed by atoms with Crippen LogP contribution in [0.25, 0.3) is 10.8 Å². The molecule has 0 spiro atoms. The van der Waals surface area contributed by atoms with Crippen LogP contribution in [0.15, 0.2) is 30.5 Å². The Morgan fingerprint density at radius 2 is 2.00 bits per heavy atom. The second-order valence-electron chi connectivity index (χ2n) is 2.95. The Balaban J connectivity index is 2.84. The fourth-order valence-electron chi connectivity index (χ4n) is 1.50. The maximum atomic E-state index is 5.25. The summed E-state index contributed by atoms with van der Waals surface area (Å²) in [5, 5.41) is 2.28. The molecule has 0 unspecified atom stereocenters. The molecular weight excluding hydrogens is 162 g/mol. The molecule has 0 aliphatic carbocycles. The van der Waals surface area contributed by atoms with Crippen LogP contribution in [0.2, 0.25) is 0 Å². The van der Waals surface area contributed by atoms with Crippen LogP contribution in [0.1, 0.15) is 5.69 Å². The molecule has 0 aliphatic heterocycles. The van der Waals surface area contributed by atoms with E-state index in [9.17, 15) is 0 Å². The third-order valence-electron chi connectivity index (χ3n) is 2.19. The summed E-state index contributed by atoms with van der Waals surface area (Å²) in [6, 6.07) is 7.97. The minimum atomic E-state index is 0.906. The van der Waals surface area contributed by atoms with E-state index in [4.69, 9.17) is 4.74 Å². The number of pyridine rings is 1. The average Bonchev–Trinajstić information content (AvgIpc) is 2.18. The molecule has 0 N–H and O–H groups in total. The predicted molar refractivity (Wildman–Crippen MR) is 53.0 cm³/mol. The van der Waals surface area contributed by atoms with Crippen molar-refractivity contribution in [2.45, 2.75) is 6.92 Å². The minimum absolute atomic E-state index is 0.906. The van der Waals surface area contributed by atoms with E-state index in [0.29, 0.717) is 0 Å². The highest BCUT2D eigenvalue weighted by Gasteiger charge is 2.01. The van der Waals surface area contributed by atoms with E-state index in [-0.39, 0.29) is 0 Å². The topological polar surface area (TPSA) is 22.1 Å². The molecule has 0 bridgehead atoms. The van der Waals surface area contributed by atoms with Crippen molar-refractivity contribution in [3.05, 3.63) is 36.2 Å². The van der Waals surface area contributed by atoms with Crippen LogP contribution >= 0.6 is 0 Å². The van der Waals surface area contributed by atoms with Gasteiger partial charge in [0.1, 0.15) is 5.75 Å². The Morgan fingerprint density at radius 1 is 1.15 bits per heavy atom. The number of hydrogen-bond donors (Lipinski definition) is 0. The van der Waals surface area contributed by atoms with Crippen LogP contribution in [-0.2, 0) is 0 Å². The van der Waals surface area contributed by atoms with Gasteiger partial charge in [0.05, 0.1) is 7.11 Å². The zero-order chi connectivity index (χ0) is 9.26. The molecule has 0 atom stereocenters. The molecule has 2 aromatic rings. The number of ether oxygens (including phenoxy) is 1. The molecule has 13 heavy (non-hydrogen) atoms. The molecule has 2 nitrogen and oxygen atoms in total. The van der Waals surface area contributed by atoms with Crippen LogP contribution in [0, 0.1) is 6.92 Å². The molecule has 0 saturated carbocycles. The van der Waals surface area contributed by atoms with Crippen molar-refractivity contribution in [1.29, 1.82) is 0 Å². The van der Waals surface area contributed by atoms with E-state index >= 15 is 0 Å². The van der Waals surface area contributed by atoms with Crippen LogP contribution in [0.5, 0.6) is 5.75 Å². The number of hydrogen-bond acceptors (Lipinski definition) is 2. The lowest BCUT2D eigenvalue weighted by Gasteiger charge is -2.05. The van der Waals surface area contributed by atoms with Crippen LogP contribution in [-0.4, -0.2) is 12.1 Å². The Kier molecular flexibility index (Phi) is 1.89. The number of fused-ring (bicyclic) bond motifs is 1. The van der Waals surface area contributed by atoms with Gasteiger partial charge >= 0.3 is 0 Å². The summed E-state index contributed by atoms with van der Waals surface area (Å²) in [5.41, 5.74) is 1.04. The average molecular weight is 173 g/mol. The van der Waals surface area contributed by atoms with Crippen molar-refractivity contribution in [2.24, 2.45) is 0 Å². The first-order valence-electron chi connectivity index (χ1n) is 4.21. The molecule has 1 aromatic carbocycles. The van der Waals surface area contributed by atoms with Gasteiger partial charge in [0, 0.05) is 22.7 Å². The maximum Gasteiger partial charge on any atom is 0.126 e. The SMILES string of the molecule is COc1cccc2c(C)nccc12. The summed E-state index contributed by atoms with van der Waals surface area (Å²) in [5.74, 6) is 0.906. The Bertz CT molecular complexity index is 437. The lowest BCUT2D eigenvalue weighted by molar-refractivity contribution is 0.420. The lowest BCUT2D eigenvalue weighted by Crippen LogP contribution is -1.87. The van der Waals surface area contributed by atoms with Gasteiger partial charge in [0.15, 0.2) is 0 Å². The maximum absolute atomic E-state index is 5.25. The largest absolute Gasteiger partial charge is 0.496 e. The molecule has 1 aromatic heterocycles. The van der Waals surface area contributed by atoms with Crippen molar-refractivity contribution >= 4 is 10.8 Å². The standard InChI is InChI=1S/C11H11NO/c1-8-9-4-3-5-11(13-2)10(9)6-7-12-8/h3-7H,1-2H3. The fraction of sp³-hybridized carbons (Fsp3) is 0.182. The first-order valence-corrected chi connectivity index (χ1v) is 4.21. The quantitative estimate of drug-likeness (QED) is 0.661. The number of benzene rings is 1. The number of methoxy groups -OCH3 is 1. The Hall–Kier alpha value is -1.57. The number of nitrogens with zero attached hydrogens (tertiary/aromatic N) is 1. The third-order valence-corrected chi connectivity index (χ3v) is 2.19. The van der Waals surface area contributed by atoms with Crippen molar-refractivity contribution in [3.63, 3.8) is 0 Å². The third kappa shape index (κ3) is 1.24. The van der Waals surface area contributed by atoms with E-state index in [2.05, 4.69) is 11.1 Å². The number of aryl methyl sites for hydroxylation is 1. The highest BCUT2D eigenvalue weighted by molar-refractivity contribution is 5.89. The summed E-state index contributed by atoms with van der Waals surface area (Å²) in [6.07, 6.45) is 1.81. The minimum Gasteiger partial charge on any atom is -0.496 e. The first-order chi connectivity index (χ1) is 6.33. The monoisotopic (exact) mass is 173 g/mol. The Morgan fingerprint density at radius 3 is 2.77 bits per heavy atom. The van der Waals surface area contributed by atoms with Gasteiger partial charge < -0.3 is 4.74 Å². The summed E-state index contributed by atoms with van der Waals surface area (Å²) >= 11 is 0. The predicted octanol–water partition coefficient (Wildman–Crippen LogP) is 2.55. The number of rotatable bonds is 1. The summed E-state index contributed by atoms with van der Waals surface area (Å²) in [6.45, 7) is 2.00. The highest BCUT2D eigenvalue weighted by Crippen LogP contribution is 2.25. The Labute approximate surface area is 77.2 Å². The molecule has 2 rings (SSSR count). The van der Waals surface area contributed by atoms with Gasteiger partial charge in [-0.1, -0.05) is 12.1 Å². The van der Waals surface area contributed by atoms with Gasteiger partial charge in [-0.3, -0.25) is 4.98 Å². The van der Waals surface area contributed by atoms with E-state index in [1.165, 1.54) is 0 Å². The van der Waals surface area contributed by atoms with E-state index in [1.54, 1.807) is 13.3 Å². The molecule has 0 radical (unpaired) electrons. The van der Waals surface area contributed by atoms with Crippen molar-refractivity contribution in [1.82, 2.24) is 4.98 Å². The lowest BCUT2D eigenvalue weighted by atomic mass is 10.1. The van der Waals surface area contributed by atoms with Gasteiger partial charge in [0.25, 0.3) is 0 Å². The van der Waals surface area contributed by atoms with Gasteiger partial charge in [-0.05, 0) is 19.1 Å². The van der Waals surface area contributed by atoms with Gasteiger partial charge in [0.2, 0.25) is 0 Å². The first kappa shape index (κ1) is 8.05. The van der Waals surface area contributed by atoms with E-state index in [1.807, 2.05) is 25.1 Å². The van der Waals surface area contributed by atoms with Crippen LogP contribution in [0.4, 0.5) is 0 Å². The van der Waals surface area contributed by atoms with Crippen LogP contribution in [0.3, 0.4) is 0 Å². The fourth-order valence-corrected chi connectivity index (χ4v) is 1.50. The van der Waals surface area contributed by atoms with Crippen molar-refractivity contribution in [2.75, 3.05) is 7.11 Å². The molecule has 0 saturated heterocycles. The van der Waals surface area contributed by atoms with E-state index < -0.39 is 0 Å². The summed E-state index contributed by atoms with van der Waals surface area (Å²) < 4.78 is 5.25. The smallest absolute Gasteiger partial charge is 0.126 e. The second-order valence-corrected chi connectivity index (χ2v) is 2.95. The molecule has 0 fully saturated rings. The van der Waals surface area contributed by atoms with Crippen molar-refractivity contribution in [3.8, 4) is 5.75 Å². The summed E-state index contributed by atoms with van der Waals surface area (Å²) in [4.78, 5) is 4.23. The zero-order valence-electron chi connectivity index (χ0n) is 7.74. The van der Waals surface area contributed by atoms with Gasteiger partial charge in [-0.15, -0.1) is 0 Å². The number of aromatic nitrogens is 1. The normalized spacial score (nSPS) is 10.3. The molecule has 66 valence electrons. The second kappa shape index (κ2) is 3.05. The van der Waals surface area contributed by atoms with Crippen molar-refractivity contribution < 1.29 is 4.74 Å². The van der Waals surface area contributed by atoms with Crippen LogP contribution < -0.4 is 4.74 Å². The molecular formula is C11H11NO. The summed E-state index contributed by atoms with van der Waals surface area (Å²) in [7, 11) is 1.69. The highest BCUT2D eigenvalue weighted by atomic mass is 16.5. The van der Waals surface area contributed by atoms with E-state index in [0.717, 1.165) is 22.2 Å². The molecule has 0 amide bonds. The molecule has 2 heteroatoms. The van der Waals surface area contributed by atoms with Gasteiger partial charge in [-0.2, -0.15) is 0 Å².